The van der Waals surface area contributed by atoms with Crippen molar-refractivity contribution in [2.24, 2.45) is 5.92 Å². The number of carbonyl (C=O) groups is 1. The second kappa shape index (κ2) is 5.92. The van der Waals surface area contributed by atoms with Gasteiger partial charge in [-0.05, 0) is 18.1 Å². The molecule has 0 spiro atoms. The molecule has 1 aromatic carbocycles. The van der Waals surface area contributed by atoms with Crippen LogP contribution in [0.5, 0.6) is 0 Å². The fraction of sp³-hybridized carbons (Fsp3) is 0.462. The van der Waals surface area contributed by atoms with Crippen LogP contribution in [-0.2, 0) is 0 Å². The zero-order valence-corrected chi connectivity index (χ0v) is 11.2. The molecule has 3 nitrogen and oxygen atoms in total. The molecule has 0 heterocycles. The Morgan fingerprint density at radius 1 is 1.53 bits per heavy atom. The van der Waals surface area contributed by atoms with Crippen molar-refractivity contribution in [1.29, 1.82) is 0 Å². The molecule has 1 aromatic rings. The van der Waals surface area contributed by atoms with Crippen LogP contribution in [0.15, 0.2) is 18.2 Å². The summed E-state index contributed by atoms with van der Waals surface area (Å²) in [5.41, 5.74) is 0.852. The van der Waals surface area contributed by atoms with Gasteiger partial charge in [-0.25, -0.2) is 4.79 Å². The lowest BCUT2D eigenvalue weighted by atomic mass is 10.1. The number of halogens is 1. The number of aromatic carboxylic acids is 1. The highest BCUT2D eigenvalue weighted by molar-refractivity contribution is 6.34. The molecule has 1 atom stereocenters. The van der Waals surface area contributed by atoms with E-state index in [0.29, 0.717) is 11.6 Å². The minimum atomic E-state index is -0.985. The Morgan fingerprint density at radius 2 is 2.18 bits per heavy atom. The van der Waals surface area contributed by atoms with Crippen LogP contribution in [0, 0.1) is 5.92 Å². The molecule has 0 aliphatic heterocycles. The molecule has 0 aliphatic carbocycles. The van der Waals surface area contributed by atoms with Gasteiger partial charge in [-0.2, -0.15) is 0 Å². The molecule has 0 radical (unpaired) electrons. The van der Waals surface area contributed by atoms with E-state index in [-0.39, 0.29) is 10.6 Å². The van der Waals surface area contributed by atoms with Gasteiger partial charge >= 0.3 is 5.97 Å². The average molecular weight is 256 g/mol. The summed E-state index contributed by atoms with van der Waals surface area (Å²) in [6.45, 7) is 5.08. The van der Waals surface area contributed by atoms with E-state index in [9.17, 15) is 9.90 Å². The highest BCUT2D eigenvalue weighted by Gasteiger charge is 2.17. The SMILES string of the molecule is CCC(C)CN(C)c1cccc(Cl)c1C(=O)O. The van der Waals surface area contributed by atoms with Gasteiger partial charge in [0.1, 0.15) is 5.56 Å². The largest absolute Gasteiger partial charge is 0.478 e. The highest BCUT2D eigenvalue weighted by atomic mass is 35.5. The first-order valence-electron chi connectivity index (χ1n) is 5.70. The predicted octanol–water partition coefficient (Wildman–Crippen LogP) is 3.52. The molecule has 0 fully saturated rings. The lowest BCUT2D eigenvalue weighted by Gasteiger charge is -2.24. The van der Waals surface area contributed by atoms with E-state index in [4.69, 9.17) is 11.6 Å². The van der Waals surface area contributed by atoms with Crippen molar-refractivity contribution in [3.05, 3.63) is 28.8 Å². The monoisotopic (exact) mass is 255 g/mol. The predicted molar refractivity (Wildman–Crippen MR) is 71.1 cm³/mol. The number of benzene rings is 1. The van der Waals surface area contributed by atoms with Gasteiger partial charge in [0.15, 0.2) is 0 Å². The second-order valence-corrected chi connectivity index (χ2v) is 4.74. The Kier molecular flexibility index (Phi) is 4.82. The van der Waals surface area contributed by atoms with Gasteiger partial charge in [-0.15, -0.1) is 0 Å². The summed E-state index contributed by atoms with van der Waals surface area (Å²) in [5, 5.41) is 9.46. The van der Waals surface area contributed by atoms with Gasteiger partial charge in [0.05, 0.1) is 10.7 Å². The Bertz CT molecular complexity index is 406. The molecule has 0 bridgehead atoms. The lowest BCUT2D eigenvalue weighted by molar-refractivity contribution is 0.0697. The Morgan fingerprint density at radius 3 is 2.71 bits per heavy atom. The van der Waals surface area contributed by atoms with E-state index in [0.717, 1.165) is 13.0 Å². The summed E-state index contributed by atoms with van der Waals surface area (Å²) in [4.78, 5) is 13.1. The number of anilines is 1. The maximum absolute atomic E-state index is 11.2. The van der Waals surface area contributed by atoms with E-state index in [1.165, 1.54) is 0 Å². The van der Waals surface area contributed by atoms with Crippen molar-refractivity contribution in [1.82, 2.24) is 0 Å². The second-order valence-electron chi connectivity index (χ2n) is 4.33. The summed E-state index contributed by atoms with van der Waals surface area (Å²) in [7, 11) is 1.89. The van der Waals surface area contributed by atoms with Crippen LogP contribution in [0.1, 0.15) is 30.6 Å². The topological polar surface area (TPSA) is 40.5 Å². The summed E-state index contributed by atoms with van der Waals surface area (Å²) in [5.74, 6) is -0.470. The normalized spacial score (nSPS) is 12.2. The van der Waals surface area contributed by atoms with E-state index in [1.807, 2.05) is 11.9 Å². The van der Waals surface area contributed by atoms with Crippen molar-refractivity contribution in [2.75, 3.05) is 18.5 Å². The van der Waals surface area contributed by atoms with Gasteiger partial charge in [-0.3, -0.25) is 0 Å². The van der Waals surface area contributed by atoms with E-state index in [2.05, 4.69) is 13.8 Å². The minimum absolute atomic E-state index is 0.181. The van der Waals surface area contributed by atoms with Crippen molar-refractivity contribution in [2.45, 2.75) is 20.3 Å². The van der Waals surface area contributed by atoms with Crippen LogP contribution in [-0.4, -0.2) is 24.7 Å². The highest BCUT2D eigenvalue weighted by Crippen LogP contribution is 2.27. The number of hydrogen-bond donors (Lipinski definition) is 1. The maximum atomic E-state index is 11.2. The van der Waals surface area contributed by atoms with Gasteiger partial charge in [0.25, 0.3) is 0 Å². The molecule has 0 aromatic heterocycles. The summed E-state index contributed by atoms with van der Waals surface area (Å²) >= 11 is 5.93. The molecule has 0 saturated heterocycles. The van der Waals surface area contributed by atoms with E-state index in [1.54, 1.807) is 18.2 Å². The van der Waals surface area contributed by atoms with E-state index >= 15 is 0 Å². The number of carboxylic acid groups (broad SMARTS) is 1. The number of nitrogens with zero attached hydrogens (tertiary/aromatic N) is 1. The molecular weight excluding hydrogens is 238 g/mol. The molecule has 1 unspecified atom stereocenters. The first kappa shape index (κ1) is 13.8. The first-order valence-corrected chi connectivity index (χ1v) is 6.08. The number of carboxylic acids is 1. The molecule has 94 valence electrons. The molecule has 4 heteroatoms. The van der Waals surface area contributed by atoms with Crippen LogP contribution in [0.3, 0.4) is 0 Å². The maximum Gasteiger partial charge on any atom is 0.339 e. The quantitative estimate of drug-likeness (QED) is 0.875. The Hall–Kier alpha value is -1.22. The van der Waals surface area contributed by atoms with Crippen LogP contribution in [0.4, 0.5) is 5.69 Å². The zero-order valence-electron chi connectivity index (χ0n) is 10.4. The summed E-state index contributed by atoms with van der Waals surface area (Å²) in [6, 6.07) is 5.17. The summed E-state index contributed by atoms with van der Waals surface area (Å²) in [6.07, 6.45) is 1.06. The molecule has 1 N–H and O–H groups in total. The van der Waals surface area contributed by atoms with Crippen molar-refractivity contribution in [3.8, 4) is 0 Å². The first-order chi connectivity index (χ1) is 7.97. The standard InChI is InChI=1S/C13H18ClNO2/c1-4-9(2)8-15(3)11-7-5-6-10(14)12(11)13(16)17/h5-7,9H,4,8H2,1-3H3,(H,16,17). The van der Waals surface area contributed by atoms with Crippen LogP contribution < -0.4 is 4.90 Å². The van der Waals surface area contributed by atoms with Gasteiger partial charge < -0.3 is 10.0 Å². The lowest BCUT2D eigenvalue weighted by Crippen LogP contribution is -2.25. The van der Waals surface area contributed by atoms with Gasteiger partial charge in [0, 0.05) is 13.6 Å². The molecule has 0 aliphatic rings. The molecular formula is C13H18ClNO2. The average Bonchev–Trinajstić information content (AvgIpc) is 2.27. The van der Waals surface area contributed by atoms with Gasteiger partial charge in [0.2, 0.25) is 0 Å². The third-order valence-corrected chi connectivity index (χ3v) is 3.21. The van der Waals surface area contributed by atoms with Crippen molar-refractivity contribution in [3.63, 3.8) is 0 Å². The number of hydrogen-bond acceptors (Lipinski definition) is 2. The van der Waals surface area contributed by atoms with Crippen LogP contribution >= 0.6 is 11.6 Å². The zero-order chi connectivity index (χ0) is 13.0. The van der Waals surface area contributed by atoms with Gasteiger partial charge in [-0.1, -0.05) is 37.9 Å². The van der Waals surface area contributed by atoms with Crippen molar-refractivity contribution < 1.29 is 9.90 Å². The molecule has 0 amide bonds. The smallest absolute Gasteiger partial charge is 0.339 e. The minimum Gasteiger partial charge on any atom is -0.478 e. The van der Waals surface area contributed by atoms with Crippen LogP contribution in [0.25, 0.3) is 0 Å². The Balaban J connectivity index is 3.04. The molecule has 0 saturated carbocycles. The van der Waals surface area contributed by atoms with E-state index < -0.39 is 5.97 Å². The third-order valence-electron chi connectivity index (χ3n) is 2.90. The molecule has 17 heavy (non-hydrogen) atoms. The molecule has 1 rings (SSSR count). The fourth-order valence-corrected chi connectivity index (χ4v) is 1.99. The van der Waals surface area contributed by atoms with Crippen LogP contribution in [0.2, 0.25) is 5.02 Å². The fourth-order valence-electron chi connectivity index (χ4n) is 1.74. The Labute approximate surface area is 107 Å². The van der Waals surface area contributed by atoms with Crippen molar-refractivity contribution >= 4 is 23.3 Å². The number of rotatable bonds is 5. The third kappa shape index (κ3) is 3.37. The summed E-state index contributed by atoms with van der Waals surface area (Å²) < 4.78 is 0.